The number of benzene rings is 2. The van der Waals surface area contributed by atoms with Gasteiger partial charge < -0.3 is 0 Å². The highest BCUT2D eigenvalue weighted by molar-refractivity contribution is 9.10. The van der Waals surface area contributed by atoms with Crippen LogP contribution in [0.3, 0.4) is 0 Å². The van der Waals surface area contributed by atoms with Crippen molar-refractivity contribution < 1.29 is 8.42 Å². The number of rotatable bonds is 2. The van der Waals surface area contributed by atoms with Gasteiger partial charge in [-0.1, -0.05) is 28.1 Å². The first-order valence-electron chi connectivity index (χ1n) is 6.78. The van der Waals surface area contributed by atoms with E-state index in [9.17, 15) is 8.42 Å². The Balaban J connectivity index is 2.11. The molecule has 0 aromatic heterocycles. The summed E-state index contributed by atoms with van der Waals surface area (Å²) in [6.45, 7) is 4.25. The molecule has 21 heavy (non-hydrogen) atoms. The zero-order valence-corrected chi connectivity index (χ0v) is 14.3. The summed E-state index contributed by atoms with van der Waals surface area (Å²) in [5.74, 6) is 0. The van der Waals surface area contributed by atoms with Gasteiger partial charge in [-0.05, 0) is 61.2 Å². The molecule has 1 aliphatic heterocycles. The molecule has 110 valence electrons. The molecule has 1 aliphatic rings. The summed E-state index contributed by atoms with van der Waals surface area (Å²) in [6.07, 6.45) is 0.749. The van der Waals surface area contributed by atoms with Gasteiger partial charge in [0.25, 0.3) is 10.0 Å². The normalized spacial score (nSPS) is 14.3. The van der Waals surface area contributed by atoms with Gasteiger partial charge in [-0.2, -0.15) is 0 Å². The molecule has 0 bridgehead atoms. The molecular formula is C16H16BrNO2S. The smallest absolute Gasteiger partial charge is 0.264 e. The summed E-state index contributed by atoms with van der Waals surface area (Å²) in [7, 11) is -3.50. The van der Waals surface area contributed by atoms with Crippen molar-refractivity contribution in [3.63, 3.8) is 0 Å². The van der Waals surface area contributed by atoms with Crippen molar-refractivity contribution in [3.8, 4) is 0 Å². The van der Waals surface area contributed by atoms with Crippen LogP contribution in [-0.2, 0) is 16.4 Å². The van der Waals surface area contributed by atoms with Gasteiger partial charge in [-0.25, -0.2) is 8.42 Å². The summed E-state index contributed by atoms with van der Waals surface area (Å²) in [6, 6.07) is 11.3. The van der Waals surface area contributed by atoms with Crippen LogP contribution < -0.4 is 4.31 Å². The fraction of sp³-hybridized carbons (Fsp3) is 0.250. The number of nitrogens with zero attached hydrogens (tertiary/aromatic N) is 1. The van der Waals surface area contributed by atoms with Crippen LogP contribution in [0.1, 0.15) is 16.7 Å². The molecule has 0 radical (unpaired) electrons. The highest BCUT2D eigenvalue weighted by atomic mass is 79.9. The molecule has 0 spiro atoms. The Labute approximate surface area is 133 Å². The maximum atomic E-state index is 13.0. The van der Waals surface area contributed by atoms with Crippen molar-refractivity contribution in [1.82, 2.24) is 0 Å². The molecule has 3 rings (SSSR count). The monoisotopic (exact) mass is 365 g/mol. The topological polar surface area (TPSA) is 37.4 Å². The molecule has 0 saturated carbocycles. The van der Waals surface area contributed by atoms with E-state index in [4.69, 9.17) is 0 Å². The Morgan fingerprint density at radius 3 is 2.62 bits per heavy atom. The van der Waals surface area contributed by atoms with E-state index in [2.05, 4.69) is 15.9 Å². The quantitative estimate of drug-likeness (QED) is 0.811. The summed E-state index contributed by atoms with van der Waals surface area (Å²) < 4.78 is 28.4. The average Bonchev–Trinajstić information content (AvgIpc) is 2.84. The predicted molar refractivity (Wildman–Crippen MR) is 88.3 cm³/mol. The lowest BCUT2D eigenvalue weighted by atomic mass is 10.2. The van der Waals surface area contributed by atoms with Gasteiger partial charge in [0.1, 0.15) is 0 Å². The molecule has 0 atom stereocenters. The maximum absolute atomic E-state index is 13.0. The summed E-state index contributed by atoms with van der Waals surface area (Å²) in [5.41, 5.74) is 3.60. The summed E-state index contributed by atoms with van der Waals surface area (Å²) in [4.78, 5) is 0.401. The van der Waals surface area contributed by atoms with Crippen molar-refractivity contribution in [2.24, 2.45) is 0 Å². The van der Waals surface area contributed by atoms with Gasteiger partial charge in [-0.15, -0.1) is 0 Å². The molecule has 0 fully saturated rings. The second-order valence-corrected chi connectivity index (χ2v) is 8.12. The summed E-state index contributed by atoms with van der Waals surface area (Å²) >= 11 is 3.43. The molecule has 0 aliphatic carbocycles. The maximum Gasteiger partial charge on any atom is 0.264 e. The molecule has 3 nitrogen and oxygen atoms in total. The van der Waals surface area contributed by atoms with Gasteiger partial charge in [-0.3, -0.25) is 4.31 Å². The average molecular weight is 366 g/mol. The van der Waals surface area contributed by atoms with E-state index < -0.39 is 10.0 Å². The Morgan fingerprint density at radius 1 is 1.10 bits per heavy atom. The first-order valence-corrected chi connectivity index (χ1v) is 9.01. The Hall–Kier alpha value is -1.33. The standard InChI is InChI=1S/C16H16BrNO2S/c1-11-3-4-12(2)16(9-11)21(19,20)18-8-7-13-10-14(17)5-6-15(13)18/h3-6,9-10H,7-8H2,1-2H3. The third-order valence-corrected chi connectivity index (χ3v) is 6.25. The van der Waals surface area contributed by atoms with Crippen LogP contribution in [0, 0.1) is 13.8 Å². The van der Waals surface area contributed by atoms with E-state index in [-0.39, 0.29) is 0 Å². The molecule has 0 N–H and O–H groups in total. The van der Waals surface area contributed by atoms with Crippen molar-refractivity contribution >= 4 is 31.6 Å². The lowest BCUT2D eigenvalue weighted by Gasteiger charge is -2.21. The Kier molecular flexibility index (Phi) is 3.58. The third-order valence-electron chi connectivity index (χ3n) is 3.81. The van der Waals surface area contributed by atoms with Gasteiger partial charge in [0, 0.05) is 11.0 Å². The van der Waals surface area contributed by atoms with Gasteiger partial charge in [0.2, 0.25) is 0 Å². The number of fused-ring (bicyclic) bond motifs is 1. The van der Waals surface area contributed by atoms with E-state index >= 15 is 0 Å². The van der Waals surface area contributed by atoms with Gasteiger partial charge in [0.05, 0.1) is 10.6 Å². The van der Waals surface area contributed by atoms with Crippen LogP contribution in [-0.4, -0.2) is 15.0 Å². The fourth-order valence-corrected chi connectivity index (χ4v) is 4.92. The van der Waals surface area contributed by atoms with Crippen LogP contribution in [0.2, 0.25) is 0 Å². The second-order valence-electron chi connectivity index (χ2n) is 5.37. The van der Waals surface area contributed by atoms with Crippen molar-refractivity contribution in [2.45, 2.75) is 25.2 Å². The number of hydrogen-bond donors (Lipinski definition) is 0. The van der Waals surface area contributed by atoms with Gasteiger partial charge in [0.15, 0.2) is 0 Å². The lowest BCUT2D eigenvalue weighted by Crippen LogP contribution is -2.29. The second kappa shape index (κ2) is 5.14. The molecule has 0 unspecified atom stereocenters. The number of sulfonamides is 1. The zero-order chi connectivity index (χ0) is 15.2. The zero-order valence-electron chi connectivity index (χ0n) is 11.9. The molecule has 2 aromatic rings. The van der Waals surface area contributed by atoms with Crippen LogP contribution in [0.25, 0.3) is 0 Å². The van der Waals surface area contributed by atoms with Gasteiger partial charge >= 0.3 is 0 Å². The first kappa shape index (κ1) is 14.6. The largest absolute Gasteiger partial charge is 0.266 e. The highest BCUT2D eigenvalue weighted by Crippen LogP contribution is 2.35. The number of anilines is 1. The van der Waals surface area contributed by atoms with Crippen LogP contribution in [0.15, 0.2) is 45.8 Å². The van der Waals surface area contributed by atoms with Crippen LogP contribution in [0.4, 0.5) is 5.69 Å². The minimum Gasteiger partial charge on any atom is -0.266 e. The predicted octanol–water partition coefficient (Wildman–Crippen LogP) is 3.82. The minimum absolute atomic E-state index is 0.401. The lowest BCUT2D eigenvalue weighted by molar-refractivity contribution is 0.591. The van der Waals surface area contributed by atoms with Crippen molar-refractivity contribution in [3.05, 3.63) is 57.6 Å². The molecule has 0 saturated heterocycles. The number of aryl methyl sites for hydroxylation is 2. The Morgan fingerprint density at radius 2 is 1.86 bits per heavy atom. The van der Waals surface area contributed by atoms with E-state index in [1.165, 1.54) is 4.31 Å². The third kappa shape index (κ3) is 2.49. The summed E-state index contributed by atoms with van der Waals surface area (Å²) in [5, 5.41) is 0. The fourth-order valence-electron chi connectivity index (χ4n) is 2.69. The molecule has 2 aromatic carbocycles. The molecular weight excluding hydrogens is 350 g/mol. The molecule has 1 heterocycles. The Bertz CT molecular complexity index is 815. The highest BCUT2D eigenvalue weighted by Gasteiger charge is 2.31. The SMILES string of the molecule is Cc1ccc(C)c(S(=O)(=O)N2CCc3cc(Br)ccc32)c1. The first-order chi connectivity index (χ1) is 9.89. The minimum atomic E-state index is -3.50. The van der Waals surface area contributed by atoms with Crippen molar-refractivity contribution in [2.75, 3.05) is 10.8 Å². The van der Waals surface area contributed by atoms with E-state index in [0.717, 1.165) is 33.3 Å². The van der Waals surface area contributed by atoms with Crippen LogP contribution >= 0.6 is 15.9 Å². The van der Waals surface area contributed by atoms with E-state index in [0.29, 0.717) is 11.4 Å². The van der Waals surface area contributed by atoms with E-state index in [1.54, 1.807) is 6.07 Å². The van der Waals surface area contributed by atoms with Crippen LogP contribution in [0.5, 0.6) is 0 Å². The van der Waals surface area contributed by atoms with E-state index in [1.807, 2.05) is 44.2 Å². The number of halogens is 1. The van der Waals surface area contributed by atoms with Crippen molar-refractivity contribution in [1.29, 1.82) is 0 Å². The molecule has 0 amide bonds. The molecule has 5 heteroatoms. The number of hydrogen-bond acceptors (Lipinski definition) is 2.